The highest BCUT2D eigenvalue weighted by Gasteiger charge is 2.07. The number of aryl methyl sites for hydroxylation is 1. The fourth-order valence-corrected chi connectivity index (χ4v) is 1.95. The van der Waals surface area contributed by atoms with Gasteiger partial charge >= 0.3 is 0 Å². The van der Waals surface area contributed by atoms with E-state index in [0.717, 1.165) is 29.9 Å². The number of nitrogens with zero attached hydrogens (tertiary/aromatic N) is 2. The van der Waals surface area contributed by atoms with Gasteiger partial charge in [-0.3, -0.25) is 0 Å². The second-order valence-electron chi connectivity index (χ2n) is 4.57. The molecule has 4 heteroatoms. The minimum absolute atomic E-state index is 0.0000709. The molecule has 0 fully saturated rings. The molecule has 0 aliphatic carbocycles. The Balaban J connectivity index is 2.10. The van der Waals surface area contributed by atoms with E-state index < -0.39 is 0 Å². The standard InChI is InChI=1S/C15H18FN3/c1-3-5-14-9-15(18-10-17-14)19-11(2)12-6-4-7-13(16)8-12/h4,6-11H,3,5H2,1-2H3,(H,17,18,19). The van der Waals surface area contributed by atoms with Gasteiger partial charge in [0.2, 0.25) is 0 Å². The van der Waals surface area contributed by atoms with Crippen molar-refractivity contribution in [2.75, 3.05) is 5.32 Å². The number of hydrogen-bond acceptors (Lipinski definition) is 3. The molecule has 2 rings (SSSR count). The predicted octanol–water partition coefficient (Wildman–Crippen LogP) is 3.74. The van der Waals surface area contributed by atoms with Crippen LogP contribution in [-0.2, 0) is 6.42 Å². The number of benzene rings is 1. The second-order valence-corrected chi connectivity index (χ2v) is 4.57. The molecule has 2 aromatic rings. The summed E-state index contributed by atoms with van der Waals surface area (Å²) in [6.45, 7) is 4.10. The molecule has 1 aromatic heterocycles. The SMILES string of the molecule is CCCc1cc(NC(C)c2cccc(F)c2)ncn1. The van der Waals surface area contributed by atoms with E-state index in [2.05, 4.69) is 22.2 Å². The van der Waals surface area contributed by atoms with Crippen molar-refractivity contribution in [3.63, 3.8) is 0 Å². The topological polar surface area (TPSA) is 37.8 Å². The number of anilines is 1. The van der Waals surface area contributed by atoms with Gasteiger partial charge in [0.1, 0.15) is 18.0 Å². The van der Waals surface area contributed by atoms with Gasteiger partial charge in [-0.15, -0.1) is 0 Å². The summed E-state index contributed by atoms with van der Waals surface area (Å²) in [7, 11) is 0. The van der Waals surface area contributed by atoms with Gasteiger partial charge in [0.25, 0.3) is 0 Å². The fraction of sp³-hybridized carbons (Fsp3) is 0.333. The molecule has 19 heavy (non-hydrogen) atoms. The van der Waals surface area contributed by atoms with Crippen LogP contribution in [0.15, 0.2) is 36.7 Å². The summed E-state index contributed by atoms with van der Waals surface area (Å²) in [5.41, 5.74) is 1.92. The molecule has 0 radical (unpaired) electrons. The van der Waals surface area contributed by atoms with E-state index in [1.165, 1.54) is 12.1 Å². The van der Waals surface area contributed by atoms with Gasteiger partial charge in [0, 0.05) is 11.8 Å². The Bertz CT molecular complexity index is 542. The zero-order valence-electron chi connectivity index (χ0n) is 11.2. The number of rotatable bonds is 5. The van der Waals surface area contributed by atoms with Gasteiger partial charge in [-0.05, 0) is 31.0 Å². The predicted molar refractivity (Wildman–Crippen MR) is 74.5 cm³/mol. The van der Waals surface area contributed by atoms with Gasteiger partial charge in [-0.25, -0.2) is 14.4 Å². The van der Waals surface area contributed by atoms with E-state index in [9.17, 15) is 4.39 Å². The fourth-order valence-electron chi connectivity index (χ4n) is 1.95. The van der Waals surface area contributed by atoms with Crippen LogP contribution in [-0.4, -0.2) is 9.97 Å². The molecule has 0 aliphatic rings. The molecular weight excluding hydrogens is 241 g/mol. The van der Waals surface area contributed by atoms with E-state index in [4.69, 9.17) is 0 Å². The Morgan fingerprint density at radius 1 is 1.26 bits per heavy atom. The van der Waals surface area contributed by atoms with E-state index in [0.29, 0.717) is 0 Å². The molecule has 0 aliphatic heterocycles. The summed E-state index contributed by atoms with van der Waals surface area (Å²) >= 11 is 0. The van der Waals surface area contributed by atoms with Crippen LogP contribution in [0.2, 0.25) is 0 Å². The third-order valence-electron chi connectivity index (χ3n) is 2.94. The molecule has 0 spiro atoms. The number of nitrogens with one attached hydrogen (secondary N) is 1. The van der Waals surface area contributed by atoms with Gasteiger partial charge < -0.3 is 5.32 Å². The third kappa shape index (κ3) is 3.74. The lowest BCUT2D eigenvalue weighted by Gasteiger charge is -2.15. The zero-order valence-corrected chi connectivity index (χ0v) is 11.2. The van der Waals surface area contributed by atoms with Crippen molar-refractivity contribution in [3.8, 4) is 0 Å². The monoisotopic (exact) mass is 259 g/mol. The molecule has 1 aromatic carbocycles. The molecule has 0 bridgehead atoms. The van der Waals surface area contributed by atoms with Crippen LogP contribution in [0.1, 0.15) is 37.6 Å². The highest BCUT2D eigenvalue weighted by molar-refractivity contribution is 5.38. The Hall–Kier alpha value is -1.97. The molecule has 0 saturated heterocycles. The molecule has 3 nitrogen and oxygen atoms in total. The van der Waals surface area contributed by atoms with Crippen LogP contribution < -0.4 is 5.32 Å². The summed E-state index contributed by atoms with van der Waals surface area (Å²) in [6.07, 6.45) is 3.55. The van der Waals surface area contributed by atoms with E-state index in [1.807, 2.05) is 19.1 Å². The Kier molecular flexibility index (Phi) is 4.44. The minimum Gasteiger partial charge on any atom is -0.363 e. The second kappa shape index (κ2) is 6.27. The lowest BCUT2D eigenvalue weighted by atomic mass is 10.1. The van der Waals surface area contributed by atoms with Crippen LogP contribution in [0.5, 0.6) is 0 Å². The minimum atomic E-state index is -0.222. The first-order valence-electron chi connectivity index (χ1n) is 6.52. The summed E-state index contributed by atoms with van der Waals surface area (Å²) in [6, 6.07) is 8.53. The van der Waals surface area contributed by atoms with Crippen LogP contribution in [0.3, 0.4) is 0 Å². The number of aromatic nitrogens is 2. The summed E-state index contributed by atoms with van der Waals surface area (Å²) in [4.78, 5) is 8.41. The van der Waals surface area contributed by atoms with Crippen molar-refractivity contribution < 1.29 is 4.39 Å². The first-order chi connectivity index (χ1) is 9.19. The molecule has 0 saturated carbocycles. The van der Waals surface area contributed by atoms with Crippen LogP contribution >= 0.6 is 0 Å². The summed E-state index contributed by atoms with van der Waals surface area (Å²) < 4.78 is 13.2. The van der Waals surface area contributed by atoms with Crippen molar-refractivity contribution in [2.45, 2.75) is 32.7 Å². The number of halogens is 1. The molecule has 1 heterocycles. The molecular formula is C15H18FN3. The zero-order chi connectivity index (χ0) is 13.7. The van der Waals surface area contributed by atoms with Crippen LogP contribution in [0.25, 0.3) is 0 Å². The third-order valence-corrected chi connectivity index (χ3v) is 2.94. The molecule has 1 atom stereocenters. The highest BCUT2D eigenvalue weighted by Crippen LogP contribution is 2.18. The Morgan fingerprint density at radius 2 is 2.11 bits per heavy atom. The average Bonchev–Trinajstić information content (AvgIpc) is 2.39. The van der Waals surface area contributed by atoms with E-state index >= 15 is 0 Å². The van der Waals surface area contributed by atoms with Crippen LogP contribution in [0.4, 0.5) is 10.2 Å². The highest BCUT2D eigenvalue weighted by atomic mass is 19.1. The maximum atomic E-state index is 13.2. The smallest absolute Gasteiger partial charge is 0.130 e. The molecule has 0 amide bonds. The van der Waals surface area contributed by atoms with Crippen molar-refractivity contribution in [2.24, 2.45) is 0 Å². The van der Waals surface area contributed by atoms with Crippen molar-refractivity contribution in [1.29, 1.82) is 0 Å². The maximum absolute atomic E-state index is 13.2. The Morgan fingerprint density at radius 3 is 2.84 bits per heavy atom. The van der Waals surface area contributed by atoms with E-state index in [-0.39, 0.29) is 11.9 Å². The average molecular weight is 259 g/mol. The number of hydrogen-bond donors (Lipinski definition) is 1. The summed E-state index contributed by atoms with van der Waals surface area (Å²) in [5.74, 6) is 0.552. The van der Waals surface area contributed by atoms with Gasteiger partial charge in [0.05, 0.1) is 6.04 Å². The first kappa shape index (κ1) is 13.5. The van der Waals surface area contributed by atoms with Gasteiger partial charge in [0.15, 0.2) is 0 Å². The normalized spacial score (nSPS) is 12.2. The lowest BCUT2D eigenvalue weighted by molar-refractivity contribution is 0.623. The lowest BCUT2D eigenvalue weighted by Crippen LogP contribution is -2.09. The summed E-state index contributed by atoms with van der Waals surface area (Å²) in [5, 5.41) is 3.27. The largest absolute Gasteiger partial charge is 0.363 e. The van der Waals surface area contributed by atoms with Gasteiger partial charge in [-0.1, -0.05) is 25.5 Å². The Labute approximate surface area is 112 Å². The maximum Gasteiger partial charge on any atom is 0.130 e. The van der Waals surface area contributed by atoms with Crippen molar-refractivity contribution in [3.05, 3.63) is 53.7 Å². The molecule has 100 valence electrons. The van der Waals surface area contributed by atoms with E-state index in [1.54, 1.807) is 12.4 Å². The quantitative estimate of drug-likeness (QED) is 0.888. The van der Waals surface area contributed by atoms with Gasteiger partial charge in [-0.2, -0.15) is 0 Å². The van der Waals surface area contributed by atoms with Crippen molar-refractivity contribution >= 4 is 5.82 Å². The molecule has 1 N–H and O–H groups in total. The molecule has 1 unspecified atom stereocenters. The van der Waals surface area contributed by atoms with Crippen molar-refractivity contribution in [1.82, 2.24) is 9.97 Å². The van der Waals surface area contributed by atoms with Crippen LogP contribution in [0, 0.1) is 5.82 Å². The first-order valence-corrected chi connectivity index (χ1v) is 6.52.